The molecule has 0 bridgehead atoms. The molecular weight excluding hydrogens is 274 g/mol. The highest BCUT2D eigenvalue weighted by atomic mass is 32.1. The van der Waals surface area contributed by atoms with Crippen LogP contribution in [-0.4, -0.2) is 15.9 Å². The smallest absolute Gasteiger partial charge is 0.304 e. The molecule has 2 heterocycles. The molecule has 2 aromatic heterocycles. The number of benzene rings is 1. The second-order valence-electron chi connectivity index (χ2n) is 4.49. The number of aromatic nitrogens is 2. The Bertz CT molecular complexity index is 800. The highest BCUT2D eigenvalue weighted by molar-refractivity contribution is 7.07. The minimum absolute atomic E-state index is 0.0678. The first kappa shape index (κ1) is 12.7. The minimum atomic E-state index is -0.106. The van der Waals surface area contributed by atoms with Crippen LogP contribution in [0.5, 0.6) is 0 Å². The van der Waals surface area contributed by atoms with E-state index in [0.29, 0.717) is 13.0 Å². The van der Waals surface area contributed by atoms with Crippen molar-refractivity contribution in [2.45, 2.75) is 13.0 Å². The Labute approximate surface area is 118 Å². The summed E-state index contributed by atoms with van der Waals surface area (Å²) in [4.78, 5) is 28.6. The van der Waals surface area contributed by atoms with Crippen molar-refractivity contribution >= 4 is 28.1 Å². The van der Waals surface area contributed by atoms with Gasteiger partial charge in [0, 0.05) is 28.2 Å². The lowest BCUT2D eigenvalue weighted by molar-refractivity contribution is -0.120. The van der Waals surface area contributed by atoms with E-state index >= 15 is 0 Å². The number of thiazole rings is 1. The van der Waals surface area contributed by atoms with Crippen molar-refractivity contribution in [3.63, 3.8) is 0 Å². The summed E-state index contributed by atoms with van der Waals surface area (Å²) < 4.78 is 0. The number of H-pyrrole nitrogens is 2. The Morgan fingerprint density at radius 1 is 1.30 bits per heavy atom. The molecule has 5 nitrogen and oxygen atoms in total. The van der Waals surface area contributed by atoms with Gasteiger partial charge in [-0.05, 0) is 11.6 Å². The van der Waals surface area contributed by atoms with Crippen LogP contribution in [0.4, 0.5) is 0 Å². The van der Waals surface area contributed by atoms with Crippen molar-refractivity contribution in [2.75, 3.05) is 0 Å². The normalized spacial score (nSPS) is 10.8. The molecule has 1 aromatic carbocycles. The highest BCUT2D eigenvalue weighted by Gasteiger charge is 2.08. The molecule has 0 saturated carbocycles. The lowest BCUT2D eigenvalue weighted by Gasteiger charge is -2.03. The molecule has 0 spiro atoms. The fourth-order valence-corrected chi connectivity index (χ4v) is 2.69. The molecule has 0 aliphatic heterocycles. The summed E-state index contributed by atoms with van der Waals surface area (Å²) in [5, 5.41) is 5.58. The van der Waals surface area contributed by atoms with Gasteiger partial charge in [0.15, 0.2) is 0 Å². The summed E-state index contributed by atoms with van der Waals surface area (Å²) in [6.45, 7) is 0.347. The Balaban J connectivity index is 1.65. The zero-order valence-corrected chi connectivity index (χ0v) is 11.4. The van der Waals surface area contributed by atoms with Gasteiger partial charge < -0.3 is 15.3 Å². The number of hydrogen-bond acceptors (Lipinski definition) is 3. The van der Waals surface area contributed by atoms with Gasteiger partial charge in [0.2, 0.25) is 5.91 Å². The number of amides is 1. The zero-order chi connectivity index (χ0) is 13.9. The number of fused-ring (bicyclic) bond motifs is 1. The molecule has 0 atom stereocenters. The number of carbonyl (C=O) groups excluding carboxylic acids is 1. The maximum Gasteiger partial charge on any atom is 0.304 e. The van der Waals surface area contributed by atoms with Crippen LogP contribution < -0.4 is 10.2 Å². The molecule has 0 radical (unpaired) electrons. The highest BCUT2D eigenvalue weighted by Crippen LogP contribution is 2.17. The standard InChI is InChI=1S/C14H13N3O2S/c18-13(16-7-10-8-20-14(19)17-10)5-9-6-15-12-4-2-1-3-11(9)12/h1-4,6,8,15H,5,7H2,(H,16,18)(H,17,19). The van der Waals surface area contributed by atoms with Gasteiger partial charge in [-0.3, -0.25) is 9.59 Å². The van der Waals surface area contributed by atoms with Gasteiger partial charge >= 0.3 is 4.87 Å². The Hall–Kier alpha value is -2.34. The largest absolute Gasteiger partial charge is 0.361 e. The number of aromatic amines is 2. The van der Waals surface area contributed by atoms with Crippen LogP contribution in [0.1, 0.15) is 11.3 Å². The average molecular weight is 287 g/mol. The van der Waals surface area contributed by atoms with E-state index in [4.69, 9.17) is 0 Å². The van der Waals surface area contributed by atoms with Gasteiger partial charge in [-0.15, -0.1) is 0 Å². The van der Waals surface area contributed by atoms with E-state index in [1.54, 1.807) is 5.38 Å². The van der Waals surface area contributed by atoms with E-state index in [0.717, 1.165) is 33.5 Å². The van der Waals surface area contributed by atoms with Gasteiger partial charge in [-0.1, -0.05) is 29.5 Å². The van der Waals surface area contributed by atoms with Crippen LogP contribution in [0.3, 0.4) is 0 Å². The van der Waals surface area contributed by atoms with Crippen molar-refractivity contribution in [1.29, 1.82) is 0 Å². The monoisotopic (exact) mass is 287 g/mol. The molecule has 3 rings (SSSR count). The molecule has 0 unspecified atom stereocenters. The summed E-state index contributed by atoms with van der Waals surface area (Å²) >= 11 is 1.10. The number of rotatable bonds is 4. The van der Waals surface area contributed by atoms with Gasteiger partial charge in [0.05, 0.1) is 13.0 Å². The third-order valence-electron chi connectivity index (χ3n) is 3.07. The lowest BCUT2D eigenvalue weighted by Crippen LogP contribution is -2.24. The number of hydrogen-bond donors (Lipinski definition) is 3. The molecule has 0 saturated heterocycles. The predicted molar refractivity (Wildman–Crippen MR) is 78.8 cm³/mol. The molecule has 20 heavy (non-hydrogen) atoms. The van der Waals surface area contributed by atoms with Crippen LogP contribution in [0.15, 0.2) is 40.6 Å². The molecule has 3 N–H and O–H groups in total. The van der Waals surface area contributed by atoms with Crippen LogP contribution in [0.25, 0.3) is 10.9 Å². The maximum atomic E-state index is 11.9. The first-order chi connectivity index (χ1) is 9.72. The molecule has 102 valence electrons. The van der Waals surface area contributed by atoms with Crippen molar-refractivity contribution in [1.82, 2.24) is 15.3 Å². The van der Waals surface area contributed by atoms with Crippen molar-refractivity contribution < 1.29 is 4.79 Å². The summed E-state index contributed by atoms with van der Waals surface area (Å²) in [6, 6.07) is 7.88. The van der Waals surface area contributed by atoms with E-state index in [-0.39, 0.29) is 10.8 Å². The molecule has 3 aromatic rings. The third-order valence-corrected chi connectivity index (χ3v) is 3.79. The van der Waals surface area contributed by atoms with Crippen LogP contribution in [0.2, 0.25) is 0 Å². The van der Waals surface area contributed by atoms with Gasteiger partial charge in [0.25, 0.3) is 0 Å². The van der Waals surface area contributed by atoms with Crippen molar-refractivity contribution in [3.8, 4) is 0 Å². The number of para-hydroxylation sites is 1. The molecule has 0 aliphatic rings. The SMILES string of the molecule is O=C(Cc1c[nH]c2ccccc12)NCc1csc(=O)[nH]1. The summed E-state index contributed by atoms with van der Waals surface area (Å²) in [6.07, 6.45) is 2.18. The molecule has 0 fully saturated rings. The topological polar surface area (TPSA) is 77.8 Å². The number of carbonyl (C=O) groups is 1. The summed E-state index contributed by atoms with van der Waals surface area (Å²) in [7, 11) is 0. The summed E-state index contributed by atoms with van der Waals surface area (Å²) in [5.41, 5.74) is 2.72. The van der Waals surface area contributed by atoms with E-state index in [1.165, 1.54) is 0 Å². The predicted octanol–water partition coefficient (Wildman–Crippen LogP) is 1.78. The average Bonchev–Trinajstić information content (AvgIpc) is 3.04. The molecular formula is C14H13N3O2S. The van der Waals surface area contributed by atoms with Crippen molar-refractivity contribution in [2.24, 2.45) is 0 Å². The second-order valence-corrected chi connectivity index (χ2v) is 5.33. The van der Waals surface area contributed by atoms with E-state index < -0.39 is 0 Å². The lowest BCUT2D eigenvalue weighted by atomic mass is 10.1. The molecule has 6 heteroatoms. The molecule has 1 amide bonds. The van der Waals surface area contributed by atoms with Gasteiger partial charge in [0.1, 0.15) is 0 Å². The summed E-state index contributed by atoms with van der Waals surface area (Å²) in [5.74, 6) is -0.0678. The van der Waals surface area contributed by atoms with Gasteiger partial charge in [-0.25, -0.2) is 0 Å². The van der Waals surface area contributed by atoms with E-state index in [2.05, 4.69) is 15.3 Å². The Morgan fingerprint density at radius 3 is 2.95 bits per heavy atom. The molecule has 0 aliphatic carbocycles. The quantitative estimate of drug-likeness (QED) is 0.684. The van der Waals surface area contributed by atoms with Crippen LogP contribution >= 0.6 is 11.3 Å². The maximum absolute atomic E-state index is 11.9. The van der Waals surface area contributed by atoms with Crippen LogP contribution in [-0.2, 0) is 17.8 Å². The minimum Gasteiger partial charge on any atom is -0.361 e. The Kier molecular flexibility index (Phi) is 3.39. The van der Waals surface area contributed by atoms with Gasteiger partial charge in [-0.2, -0.15) is 0 Å². The second kappa shape index (κ2) is 5.34. The first-order valence-electron chi connectivity index (χ1n) is 6.21. The third kappa shape index (κ3) is 2.65. The van der Waals surface area contributed by atoms with Crippen LogP contribution in [0, 0.1) is 0 Å². The number of nitrogens with one attached hydrogen (secondary N) is 3. The van der Waals surface area contributed by atoms with E-state index in [1.807, 2.05) is 30.5 Å². The van der Waals surface area contributed by atoms with Crippen molar-refractivity contribution in [3.05, 3.63) is 56.8 Å². The zero-order valence-electron chi connectivity index (χ0n) is 10.6. The Morgan fingerprint density at radius 2 is 2.15 bits per heavy atom. The fourth-order valence-electron chi connectivity index (χ4n) is 2.11. The first-order valence-corrected chi connectivity index (χ1v) is 7.09. The fraction of sp³-hybridized carbons (Fsp3) is 0.143. The van der Waals surface area contributed by atoms with E-state index in [9.17, 15) is 9.59 Å².